The average molecular weight is 1400 g/mol. The molecule has 3 aliphatic rings. The molecule has 570 valence electrons. The number of carbonyl (C=O) groups is 1. The quantitative estimate of drug-likeness (QED) is 0.0199. The van der Waals surface area contributed by atoms with Gasteiger partial charge in [-0.2, -0.15) is 0 Å². The van der Waals surface area contributed by atoms with Crippen molar-refractivity contribution in [3.05, 3.63) is 109 Å². The molecule has 0 radical (unpaired) electrons. The molecule has 0 spiro atoms. The first-order valence-electron chi connectivity index (χ1n) is 38.6. The molecule has 0 aliphatic carbocycles. The highest BCUT2D eigenvalue weighted by molar-refractivity contribution is 5.76. The van der Waals surface area contributed by atoms with Gasteiger partial charge in [0.1, 0.15) is 73.2 Å². The monoisotopic (exact) mass is 1400 g/mol. The Balaban J connectivity index is 1.38. The van der Waals surface area contributed by atoms with E-state index in [0.717, 1.165) is 109 Å². The predicted octanol–water partition coefficient (Wildman–Crippen LogP) is 12.2. The van der Waals surface area contributed by atoms with Gasteiger partial charge in [-0.3, -0.25) is 4.79 Å². The van der Waals surface area contributed by atoms with E-state index in [4.69, 9.17) is 28.4 Å². The third-order valence-corrected chi connectivity index (χ3v) is 18.6. The molecule has 19 heteroatoms. The van der Waals surface area contributed by atoms with Crippen LogP contribution in [0.2, 0.25) is 0 Å². The van der Waals surface area contributed by atoms with Crippen LogP contribution in [0.1, 0.15) is 258 Å². The molecule has 17 unspecified atom stereocenters. The van der Waals surface area contributed by atoms with Gasteiger partial charge in [0.15, 0.2) is 18.9 Å². The Morgan fingerprint density at radius 3 is 1.09 bits per heavy atom. The number of hydrogen-bond donors (Lipinski definition) is 12. The van der Waals surface area contributed by atoms with Gasteiger partial charge in [-0.25, -0.2) is 0 Å². The Hall–Kier alpha value is -3.55. The van der Waals surface area contributed by atoms with E-state index in [2.05, 4.69) is 116 Å². The lowest BCUT2D eigenvalue weighted by Gasteiger charge is -2.48. The second-order valence-corrected chi connectivity index (χ2v) is 27.1. The Labute approximate surface area is 595 Å². The van der Waals surface area contributed by atoms with Crippen molar-refractivity contribution in [2.75, 3.05) is 26.4 Å². The van der Waals surface area contributed by atoms with Crippen molar-refractivity contribution < 1.29 is 89.4 Å². The van der Waals surface area contributed by atoms with Crippen LogP contribution in [0.5, 0.6) is 0 Å². The number of allylic oxidation sites excluding steroid dienone is 17. The Bertz CT molecular complexity index is 2220. The van der Waals surface area contributed by atoms with E-state index in [1.54, 1.807) is 6.08 Å². The molecule has 3 saturated heterocycles. The molecule has 3 aliphatic heterocycles. The summed E-state index contributed by atoms with van der Waals surface area (Å²) in [6, 6.07) is -0.983. The van der Waals surface area contributed by atoms with Crippen molar-refractivity contribution in [3.8, 4) is 0 Å². The lowest BCUT2D eigenvalue weighted by molar-refractivity contribution is -0.379. The van der Waals surface area contributed by atoms with Gasteiger partial charge >= 0.3 is 0 Å². The number of hydrogen-bond acceptors (Lipinski definition) is 18. The third kappa shape index (κ3) is 40.3. The van der Waals surface area contributed by atoms with Crippen LogP contribution in [0.4, 0.5) is 0 Å². The van der Waals surface area contributed by atoms with Gasteiger partial charge in [0, 0.05) is 6.42 Å². The van der Waals surface area contributed by atoms with E-state index >= 15 is 0 Å². The van der Waals surface area contributed by atoms with Crippen LogP contribution in [-0.4, -0.2) is 193 Å². The first kappa shape index (κ1) is 89.7. The fourth-order valence-corrected chi connectivity index (χ4v) is 12.4. The smallest absolute Gasteiger partial charge is 0.220 e. The minimum atomic E-state index is -1.98. The van der Waals surface area contributed by atoms with Gasteiger partial charge in [0.2, 0.25) is 5.91 Å². The lowest BCUT2D eigenvalue weighted by atomic mass is 9.96. The Morgan fingerprint density at radius 2 is 0.697 bits per heavy atom. The van der Waals surface area contributed by atoms with Gasteiger partial charge in [0.25, 0.3) is 0 Å². The van der Waals surface area contributed by atoms with Crippen LogP contribution < -0.4 is 5.32 Å². The summed E-state index contributed by atoms with van der Waals surface area (Å²) in [5, 5.41) is 121. The van der Waals surface area contributed by atoms with Crippen molar-refractivity contribution in [2.45, 2.75) is 362 Å². The first-order valence-corrected chi connectivity index (χ1v) is 38.6. The minimum Gasteiger partial charge on any atom is -0.394 e. The zero-order valence-electron chi connectivity index (χ0n) is 60.7. The summed E-state index contributed by atoms with van der Waals surface area (Å²) in [4.78, 5) is 13.5. The van der Waals surface area contributed by atoms with E-state index in [1.165, 1.54) is 122 Å². The highest BCUT2D eigenvalue weighted by atomic mass is 16.8. The summed E-state index contributed by atoms with van der Waals surface area (Å²) in [6.07, 6.45) is 54.8. The van der Waals surface area contributed by atoms with Gasteiger partial charge < -0.3 is 89.9 Å². The Kier molecular flexibility index (Phi) is 54.2. The molecule has 99 heavy (non-hydrogen) atoms. The van der Waals surface area contributed by atoms with Crippen LogP contribution in [0.3, 0.4) is 0 Å². The zero-order valence-corrected chi connectivity index (χ0v) is 60.7. The number of rotatable bonds is 59. The van der Waals surface area contributed by atoms with Crippen LogP contribution in [0.15, 0.2) is 109 Å². The molecular weight excluding hydrogens is 1260 g/mol. The molecule has 0 aromatic heterocycles. The maximum absolute atomic E-state index is 13.5. The average Bonchev–Trinajstić information content (AvgIpc) is 0.784. The number of unbranched alkanes of at least 4 members (excludes halogenated alkanes) is 27. The van der Waals surface area contributed by atoms with Crippen LogP contribution in [0, 0.1) is 0 Å². The number of aliphatic hydroxyl groups is 11. The SMILES string of the molecule is CC/C=C\C/C=C\C/C=C\C/C=C\C/C=C\C/C=C\C/C=C\C/C=C\CCCCCCCCCCCCC(=O)NC(COC1OC(CO)C(OC2OC(CO)C(OC3OC(CO)C(O)C(O)C3O)C(O)C2O)C(O)C1O)C(O)/C=C/CCCCCCCCCCCCCCCCCCC. The third-order valence-electron chi connectivity index (χ3n) is 18.6. The number of amides is 1. The summed E-state index contributed by atoms with van der Waals surface area (Å²) in [6.45, 7) is 1.62. The molecular formula is C80H137NO18. The Morgan fingerprint density at radius 1 is 0.374 bits per heavy atom. The molecule has 19 nitrogen and oxygen atoms in total. The van der Waals surface area contributed by atoms with Gasteiger partial charge in [-0.1, -0.05) is 277 Å². The van der Waals surface area contributed by atoms with Crippen molar-refractivity contribution in [2.24, 2.45) is 0 Å². The predicted molar refractivity (Wildman–Crippen MR) is 392 cm³/mol. The summed E-state index contributed by atoms with van der Waals surface area (Å²) in [7, 11) is 0. The van der Waals surface area contributed by atoms with Crippen LogP contribution >= 0.6 is 0 Å². The van der Waals surface area contributed by atoms with Gasteiger partial charge in [-0.15, -0.1) is 0 Å². The first-order chi connectivity index (χ1) is 48.3. The molecule has 17 atom stereocenters. The second-order valence-electron chi connectivity index (χ2n) is 27.1. The highest BCUT2D eigenvalue weighted by Crippen LogP contribution is 2.33. The summed E-state index contributed by atoms with van der Waals surface area (Å²) in [5.74, 6) is -0.283. The molecule has 0 bridgehead atoms. The number of carbonyl (C=O) groups excluding carboxylic acids is 1. The van der Waals surface area contributed by atoms with E-state index in [-0.39, 0.29) is 18.9 Å². The molecule has 0 aromatic carbocycles. The van der Waals surface area contributed by atoms with E-state index in [0.29, 0.717) is 6.42 Å². The normalized spacial score (nSPS) is 27.2. The number of aliphatic hydroxyl groups excluding tert-OH is 11. The molecule has 0 aromatic rings. The standard InChI is InChI=1S/C80H137NO18/c1-3-5-7-9-11-13-15-17-19-21-23-24-25-26-27-28-29-30-31-32-33-34-35-36-37-38-40-42-44-46-48-50-52-54-56-58-68(86)81-63(64(85)57-55-53-51-49-47-45-43-41-39-22-20-18-16-14-12-10-8-6-4-2)62-94-78-74(92)71(89)76(66(60-83)96-78)99-80-75(93)72(90)77(67(61-84)97-80)98-79-73(91)70(88)69(87)65(59-82)95-79/h5,7,11,13,17,19,23-24,26-27,29-30,32-33,35-36,55,57,63-67,69-80,82-85,87-93H,3-4,6,8-10,12,14-16,18,20-22,25,28,31,34,37-54,56,58-62H2,1-2H3,(H,81,86)/b7-5-,13-11-,19-17-,24-23-,27-26-,30-29-,33-32-,36-35-,57-55+. The van der Waals surface area contributed by atoms with E-state index in [9.17, 15) is 61.0 Å². The van der Waals surface area contributed by atoms with Gasteiger partial charge in [0.05, 0.1) is 38.6 Å². The number of nitrogens with one attached hydrogen (secondary N) is 1. The summed E-state index contributed by atoms with van der Waals surface area (Å²) < 4.78 is 34.4. The summed E-state index contributed by atoms with van der Waals surface area (Å²) in [5.41, 5.74) is 0. The van der Waals surface area contributed by atoms with Gasteiger partial charge in [-0.05, 0) is 83.5 Å². The molecule has 3 rings (SSSR count). The van der Waals surface area contributed by atoms with E-state index in [1.807, 2.05) is 6.08 Å². The lowest BCUT2D eigenvalue weighted by Crippen LogP contribution is -2.66. The minimum absolute atomic E-state index is 0.232. The fourth-order valence-electron chi connectivity index (χ4n) is 12.4. The van der Waals surface area contributed by atoms with Crippen molar-refractivity contribution >= 4 is 5.91 Å². The van der Waals surface area contributed by atoms with Crippen LogP contribution in [0.25, 0.3) is 0 Å². The van der Waals surface area contributed by atoms with Crippen LogP contribution in [-0.2, 0) is 33.2 Å². The molecule has 0 saturated carbocycles. The summed E-state index contributed by atoms with van der Waals surface area (Å²) >= 11 is 0. The largest absolute Gasteiger partial charge is 0.394 e. The molecule has 12 N–H and O–H groups in total. The maximum atomic E-state index is 13.5. The molecule has 1 amide bonds. The van der Waals surface area contributed by atoms with E-state index < -0.39 is 124 Å². The van der Waals surface area contributed by atoms with Crippen molar-refractivity contribution in [1.29, 1.82) is 0 Å². The number of ether oxygens (including phenoxy) is 6. The second kappa shape index (κ2) is 59.8. The van der Waals surface area contributed by atoms with Crippen molar-refractivity contribution in [1.82, 2.24) is 5.32 Å². The maximum Gasteiger partial charge on any atom is 0.220 e. The highest BCUT2D eigenvalue weighted by Gasteiger charge is 2.53. The topological polar surface area (TPSA) is 307 Å². The fraction of sp³-hybridized carbons (Fsp3) is 0.762. The molecule has 3 fully saturated rings. The molecule has 3 heterocycles. The zero-order chi connectivity index (χ0) is 71.8. The van der Waals surface area contributed by atoms with Crippen molar-refractivity contribution in [3.63, 3.8) is 0 Å².